The minimum Gasteiger partial charge on any atom is -0.497 e. The van der Waals surface area contributed by atoms with Gasteiger partial charge in [0.2, 0.25) is 5.78 Å². The summed E-state index contributed by atoms with van der Waals surface area (Å²) in [5.74, 6) is 0.739. The third-order valence-corrected chi connectivity index (χ3v) is 6.49. The van der Waals surface area contributed by atoms with Crippen molar-refractivity contribution in [2.45, 2.75) is 12.3 Å². The summed E-state index contributed by atoms with van der Waals surface area (Å²) in [6, 6.07) is 17.9. The van der Waals surface area contributed by atoms with Crippen molar-refractivity contribution in [2.24, 2.45) is 7.05 Å². The molecule has 1 aromatic heterocycles. The maximum atomic E-state index is 13.1. The summed E-state index contributed by atoms with van der Waals surface area (Å²) in [5, 5.41) is -0.0164. The van der Waals surface area contributed by atoms with E-state index in [1.54, 1.807) is 56.5 Å². The van der Waals surface area contributed by atoms with Crippen LogP contribution in [0, 0.1) is 6.92 Å². The number of alkyl halides is 1. The first-order valence-electron chi connectivity index (χ1n) is 11.0. The number of hydrogen-bond donors (Lipinski definition) is 0. The number of halogens is 1. The van der Waals surface area contributed by atoms with Crippen LogP contribution in [0.3, 0.4) is 0 Å². The molecule has 4 aromatic rings. The van der Waals surface area contributed by atoms with Gasteiger partial charge in [-0.05, 0) is 48.9 Å². The first-order chi connectivity index (χ1) is 16.9. The van der Waals surface area contributed by atoms with Crippen molar-refractivity contribution in [3.05, 3.63) is 94.9 Å². The number of fused-ring (bicyclic) bond motifs is 2. The van der Waals surface area contributed by atoms with Crippen LogP contribution < -0.4 is 14.2 Å². The molecule has 0 N–H and O–H groups in total. The molecule has 7 heteroatoms. The van der Waals surface area contributed by atoms with Crippen molar-refractivity contribution < 1.29 is 23.8 Å². The Kier molecular flexibility index (Phi) is 5.83. The van der Waals surface area contributed by atoms with Crippen LogP contribution in [0.15, 0.2) is 72.6 Å². The number of aromatic nitrogens is 1. The molecule has 0 saturated carbocycles. The van der Waals surface area contributed by atoms with Gasteiger partial charge in [-0.2, -0.15) is 0 Å². The third-order valence-electron chi connectivity index (χ3n) is 6.06. The van der Waals surface area contributed by atoms with Gasteiger partial charge in [0.05, 0.1) is 12.7 Å². The minimum absolute atomic E-state index is 0.196. The number of methoxy groups -OCH3 is 1. The van der Waals surface area contributed by atoms with Crippen LogP contribution in [-0.4, -0.2) is 23.4 Å². The Morgan fingerprint density at radius 2 is 1.89 bits per heavy atom. The van der Waals surface area contributed by atoms with E-state index in [-0.39, 0.29) is 11.5 Å². The second-order valence-electron chi connectivity index (χ2n) is 8.28. The number of rotatable bonds is 5. The van der Waals surface area contributed by atoms with Gasteiger partial charge in [0.25, 0.3) is 0 Å². The smallest absolute Gasteiger partial charge is 0.334 e. The predicted octanol–water partition coefficient (Wildman–Crippen LogP) is 6.00. The number of carbonyl (C=O) groups excluding carboxylic acids is 2. The predicted molar refractivity (Wildman–Crippen MR) is 134 cm³/mol. The molecule has 35 heavy (non-hydrogen) atoms. The lowest BCUT2D eigenvalue weighted by atomic mass is 10.1. The van der Waals surface area contributed by atoms with E-state index in [0.717, 1.165) is 22.2 Å². The second kappa shape index (κ2) is 8.96. The largest absolute Gasteiger partial charge is 0.497 e. The highest BCUT2D eigenvalue weighted by atomic mass is 35.5. The molecule has 0 radical (unpaired) electrons. The quantitative estimate of drug-likeness (QED) is 0.149. The van der Waals surface area contributed by atoms with Crippen molar-refractivity contribution in [1.29, 1.82) is 0 Å². The highest BCUT2D eigenvalue weighted by molar-refractivity contribution is 6.30. The molecule has 1 atom stereocenters. The average molecular weight is 488 g/mol. The highest BCUT2D eigenvalue weighted by Crippen LogP contribution is 2.40. The van der Waals surface area contributed by atoms with E-state index in [2.05, 4.69) is 0 Å². The van der Waals surface area contributed by atoms with E-state index in [1.165, 1.54) is 0 Å². The van der Waals surface area contributed by atoms with Gasteiger partial charge in [-0.3, -0.25) is 4.79 Å². The Hall–Kier alpha value is -4.03. The summed E-state index contributed by atoms with van der Waals surface area (Å²) < 4.78 is 18.9. The Bertz CT molecular complexity index is 1500. The van der Waals surface area contributed by atoms with E-state index < -0.39 is 11.3 Å². The van der Waals surface area contributed by atoms with Gasteiger partial charge in [-0.1, -0.05) is 30.3 Å². The van der Waals surface area contributed by atoms with Crippen LogP contribution in [0.5, 0.6) is 17.2 Å². The number of allylic oxidation sites excluding steroid dienone is 1. The van der Waals surface area contributed by atoms with E-state index in [1.807, 2.05) is 42.1 Å². The summed E-state index contributed by atoms with van der Waals surface area (Å²) >= 11 is 6.30. The molecule has 1 aliphatic heterocycles. The molecule has 1 aliphatic rings. The molecule has 0 amide bonds. The lowest BCUT2D eigenvalue weighted by molar-refractivity contribution is -0.134. The number of ether oxygens (including phenoxy) is 3. The molecular formula is C28H22ClNO5. The van der Waals surface area contributed by atoms with Crippen LogP contribution in [0.2, 0.25) is 0 Å². The molecule has 0 aliphatic carbocycles. The number of nitrogens with zero attached hydrogens (tertiary/aromatic N) is 1. The highest BCUT2D eigenvalue weighted by Gasteiger charge is 2.31. The Balaban J connectivity index is 1.44. The van der Waals surface area contributed by atoms with Gasteiger partial charge in [0.15, 0.2) is 11.1 Å². The normalized spacial score (nSPS) is 14.6. The van der Waals surface area contributed by atoms with Crippen LogP contribution in [0.1, 0.15) is 32.4 Å². The van der Waals surface area contributed by atoms with Crippen molar-refractivity contribution in [3.63, 3.8) is 0 Å². The molecule has 0 bridgehead atoms. The SMILES string of the molecule is COc1ccc2c(c1)c(/C=C1\Oc3c(ccc(OC(=O)C(Cl)c4ccccc4)c3C)C1=O)cn2C. The topological polar surface area (TPSA) is 66.8 Å². The number of Topliss-reactive ketones (excluding diaryl/α,β-unsaturated/α-hetero) is 1. The van der Waals surface area contributed by atoms with E-state index in [0.29, 0.717) is 28.2 Å². The monoisotopic (exact) mass is 487 g/mol. The van der Waals surface area contributed by atoms with E-state index in [4.69, 9.17) is 25.8 Å². The molecule has 0 fully saturated rings. The molecule has 0 saturated heterocycles. The summed E-state index contributed by atoms with van der Waals surface area (Å²) in [4.78, 5) is 25.7. The van der Waals surface area contributed by atoms with Crippen LogP contribution in [0.4, 0.5) is 0 Å². The number of carbonyl (C=O) groups is 2. The van der Waals surface area contributed by atoms with Gasteiger partial charge < -0.3 is 18.8 Å². The summed E-state index contributed by atoms with van der Waals surface area (Å²) in [7, 11) is 3.55. The summed E-state index contributed by atoms with van der Waals surface area (Å²) in [6.07, 6.45) is 3.65. The van der Waals surface area contributed by atoms with Gasteiger partial charge in [0, 0.05) is 35.3 Å². The van der Waals surface area contributed by atoms with Gasteiger partial charge >= 0.3 is 5.97 Å². The first kappa shape index (κ1) is 22.7. The number of benzene rings is 3. The first-order valence-corrected chi connectivity index (χ1v) is 11.4. The zero-order chi connectivity index (χ0) is 24.7. The average Bonchev–Trinajstić information content (AvgIpc) is 3.37. The number of ketones is 1. The molecule has 6 nitrogen and oxygen atoms in total. The number of esters is 1. The molecule has 1 unspecified atom stereocenters. The van der Waals surface area contributed by atoms with Gasteiger partial charge in [0.1, 0.15) is 17.2 Å². The zero-order valence-electron chi connectivity index (χ0n) is 19.4. The van der Waals surface area contributed by atoms with Crippen LogP contribution in [-0.2, 0) is 11.8 Å². The van der Waals surface area contributed by atoms with Crippen molar-refractivity contribution in [3.8, 4) is 17.2 Å². The van der Waals surface area contributed by atoms with Crippen LogP contribution in [0.25, 0.3) is 17.0 Å². The number of hydrogen-bond acceptors (Lipinski definition) is 5. The Morgan fingerprint density at radius 3 is 2.63 bits per heavy atom. The Morgan fingerprint density at radius 1 is 1.11 bits per heavy atom. The van der Waals surface area contributed by atoms with Crippen molar-refractivity contribution >= 4 is 40.3 Å². The summed E-state index contributed by atoms with van der Waals surface area (Å²) in [5.41, 5.74) is 3.43. The fraction of sp³-hybridized carbons (Fsp3) is 0.143. The molecule has 176 valence electrons. The van der Waals surface area contributed by atoms with Crippen LogP contribution >= 0.6 is 11.6 Å². The second-order valence-corrected chi connectivity index (χ2v) is 8.71. The summed E-state index contributed by atoms with van der Waals surface area (Å²) in [6.45, 7) is 1.74. The standard InChI is InChI=1S/C28H22ClNO5/c1-16-23(35-28(32)25(29)17-7-5-4-6-8-17)12-10-20-26(31)24(34-27(16)20)13-18-15-30(2)22-11-9-19(33-3)14-21(18)22/h4-15,25H,1-3H3/b24-13-. The van der Waals surface area contributed by atoms with Gasteiger partial charge in [-0.25, -0.2) is 4.79 Å². The maximum Gasteiger partial charge on any atom is 0.334 e. The third kappa shape index (κ3) is 4.06. The zero-order valence-corrected chi connectivity index (χ0v) is 20.1. The molecule has 0 spiro atoms. The van der Waals surface area contributed by atoms with E-state index in [9.17, 15) is 9.59 Å². The van der Waals surface area contributed by atoms with Gasteiger partial charge in [-0.15, -0.1) is 11.6 Å². The van der Waals surface area contributed by atoms with Crippen molar-refractivity contribution in [1.82, 2.24) is 4.57 Å². The maximum absolute atomic E-state index is 13.1. The van der Waals surface area contributed by atoms with Crippen molar-refractivity contribution in [2.75, 3.05) is 7.11 Å². The number of aryl methyl sites for hydroxylation is 1. The lowest BCUT2D eigenvalue weighted by Gasteiger charge is -2.13. The fourth-order valence-electron chi connectivity index (χ4n) is 4.18. The minimum atomic E-state index is -0.954. The van der Waals surface area contributed by atoms with E-state index >= 15 is 0 Å². The molecule has 2 heterocycles. The lowest BCUT2D eigenvalue weighted by Crippen LogP contribution is -2.15. The molecular weight excluding hydrogens is 466 g/mol. The Labute approximate surface area is 207 Å². The fourth-order valence-corrected chi connectivity index (χ4v) is 4.37. The molecule has 5 rings (SSSR count). The molecule has 3 aromatic carbocycles.